The molecule has 7 nitrogen and oxygen atoms in total. The monoisotopic (exact) mass is 374 g/mol. The minimum atomic E-state index is -3.42. The van der Waals surface area contributed by atoms with Gasteiger partial charge in [-0.25, -0.2) is 13.1 Å². The van der Waals surface area contributed by atoms with Crippen LogP contribution in [0.1, 0.15) is 43.3 Å². The van der Waals surface area contributed by atoms with Gasteiger partial charge in [0.1, 0.15) is 0 Å². The van der Waals surface area contributed by atoms with Gasteiger partial charge in [-0.2, -0.15) is 0 Å². The molecule has 1 amide bonds. The van der Waals surface area contributed by atoms with Crippen molar-refractivity contribution in [2.24, 2.45) is 0 Å². The van der Waals surface area contributed by atoms with Gasteiger partial charge in [-0.3, -0.25) is 4.79 Å². The maximum Gasteiger partial charge on any atom is 0.223 e. The number of nitrogens with zero attached hydrogens (tertiary/aromatic N) is 4. The molecule has 1 aromatic carbocycles. The Morgan fingerprint density at radius 1 is 1.15 bits per heavy atom. The quantitative estimate of drug-likeness (QED) is 0.770. The third-order valence-corrected chi connectivity index (χ3v) is 6.83. The summed E-state index contributed by atoms with van der Waals surface area (Å²) in [4.78, 5) is 14.4. The van der Waals surface area contributed by atoms with Crippen LogP contribution >= 0.6 is 0 Å². The number of aromatic nitrogens is 3. The lowest BCUT2D eigenvalue weighted by Crippen LogP contribution is -2.30. The summed E-state index contributed by atoms with van der Waals surface area (Å²) < 4.78 is 26.5. The van der Waals surface area contributed by atoms with E-state index < -0.39 is 9.84 Å². The van der Waals surface area contributed by atoms with Gasteiger partial charge in [0.25, 0.3) is 0 Å². The highest BCUT2D eigenvalue weighted by Crippen LogP contribution is 2.39. The summed E-state index contributed by atoms with van der Waals surface area (Å²) >= 11 is 0. The van der Waals surface area contributed by atoms with E-state index >= 15 is 0 Å². The van der Waals surface area contributed by atoms with E-state index in [1.54, 1.807) is 35.2 Å². The van der Waals surface area contributed by atoms with Crippen molar-refractivity contribution >= 4 is 15.7 Å². The van der Waals surface area contributed by atoms with Gasteiger partial charge >= 0.3 is 0 Å². The zero-order chi connectivity index (χ0) is 18.1. The van der Waals surface area contributed by atoms with Crippen LogP contribution in [0.5, 0.6) is 0 Å². The van der Waals surface area contributed by atoms with E-state index in [9.17, 15) is 13.2 Å². The topological polar surface area (TPSA) is 85.2 Å². The van der Waals surface area contributed by atoms with E-state index in [4.69, 9.17) is 0 Å². The molecule has 0 spiro atoms. The Balaban J connectivity index is 1.32. The summed E-state index contributed by atoms with van der Waals surface area (Å²) in [5.41, 5.74) is 1.05. The standard InChI is InChI=1S/C18H22N4O3S/c23-18(9-11-26(24,25)16-4-2-1-3-5-16)21-10-8-15(12-21)22-13-17(19-20-22)14-6-7-14/h1-5,13-15H,6-12H2. The Morgan fingerprint density at radius 2 is 1.92 bits per heavy atom. The molecule has 138 valence electrons. The lowest BCUT2D eigenvalue weighted by molar-refractivity contribution is -0.129. The number of likely N-dealkylation sites (tertiary alicyclic amines) is 1. The Bertz CT molecular complexity index is 890. The van der Waals surface area contributed by atoms with Crippen molar-refractivity contribution < 1.29 is 13.2 Å². The third-order valence-electron chi connectivity index (χ3n) is 5.10. The average Bonchev–Trinajstić information content (AvgIpc) is 3.19. The second kappa shape index (κ2) is 6.83. The molecule has 1 atom stereocenters. The Hall–Kier alpha value is -2.22. The Morgan fingerprint density at radius 3 is 2.65 bits per heavy atom. The molecule has 1 unspecified atom stereocenters. The molecule has 1 saturated carbocycles. The molecule has 1 saturated heterocycles. The van der Waals surface area contributed by atoms with Gasteiger partial charge in [0.05, 0.1) is 22.4 Å². The Kier molecular flexibility index (Phi) is 4.52. The molecule has 0 bridgehead atoms. The minimum Gasteiger partial charge on any atom is -0.340 e. The zero-order valence-corrected chi connectivity index (χ0v) is 15.3. The first-order valence-corrected chi connectivity index (χ1v) is 10.7. The molecule has 2 heterocycles. The SMILES string of the molecule is O=C(CCS(=O)(=O)c1ccccc1)N1CCC(n2cc(C3CC3)nn2)C1. The molecule has 4 rings (SSSR count). The predicted molar refractivity (Wildman–Crippen MR) is 95.3 cm³/mol. The van der Waals surface area contributed by atoms with Crippen LogP contribution in [0.3, 0.4) is 0 Å². The van der Waals surface area contributed by atoms with Crippen LogP contribution in [-0.4, -0.2) is 53.1 Å². The molecule has 26 heavy (non-hydrogen) atoms. The first kappa shape index (κ1) is 17.2. The van der Waals surface area contributed by atoms with Crippen molar-refractivity contribution in [3.8, 4) is 0 Å². The summed E-state index contributed by atoms with van der Waals surface area (Å²) in [5.74, 6) is 0.284. The van der Waals surface area contributed by atoms with Gasteiger partial charge < -0.3 is 4.90 Å². The zero-order valence-electron chi connectivity index (χ0n) is 14.5. The van der Waals surface area contributed by atoms with Gasteiger partial charge in [0.2, 0.25) is 5.91 Å². The average molecular weight is 374 g/mol. The summed E-state index contributed by atoms with van der Waals surface area (Å²) in [7, 11) is -3.42. The second-order valence-electron chi connectivity index (χ2n) is 7.06. The highest BCUT2D eigenvalue weighted by molar-refractivity contribution is 7.91. The van der Waals surface area contributed by atoms with Crippen LogP contribution in [0.15, 0.2) is 41.4 Å². The molecule has 0 radical (unpaired) electrons. The van der Waals surface area contributed by atoms with Gasteiger partial charge in [-0.15, -0.1) is 5.10 Å². The van der Waals surface area contributed by atoms with Crippen molar-refractivity contribution in [3.63, 3.8) is 0 Å². The lowest BCUT2D eigenvalue weighted by atomic mass is 10.2. The summed E-state index contributed by atoms with van der Waals surface area (Å²) in [6.07, 6.45) is 5.20. The van der Waals surface area contributed by atoms with Crippen molar-refractivity contribution in [2.75, 3.05) is 18.8 Å². The predicted octanol–water partition coefficient (Wildman–Crippen LogP) is 1.79. The normalized spacial score (nSPS) is 20.5. The smallest absolute Gasteiger partial charge is 0.223 e. The fourth-order valence-corrected chi connectivity index (χ4v) is 4.60. The summed E-state index contributed by atoms with van der Waals surface area (Å²) in [6.45, 7) is 1.20. The fraction of sp³-hybridized carbons (Fsp3) is 0.500. The molecular weight excluding hydrogens is 352 g/mol. The summed E-state index contributed by atoms with van der Waals surface area (Å²) in [6, 6.07) is 8.40. The first-order chi connectivity index (χ1) is 12.5. The molecule has 1 aliphatic heterocycles. The molecule has 1 aliphatic carbocycles. The highest BCUT2D eigenvalue weighted by atomic mass is 32.2. The molecule has 2 aromatic rings. The number of benzene rings is 1. The number of hydrogen-bond donors (Lipinski definition) is 0. The van der Waals surface area contributed by atoms with Gasteiger partial charge in [0, 0.05) is 31.6 Å². The Labute approximate surface area is 152 Å². The first-order valence-electron chi connectivity index (χ1n) is 9.00. The van der Waals surface area contributed by atoms with Gasteiger partial charge in [-0.05, 0) is 31.4 Å². The van der Waals surface area contributed by atoms with E-state index in [2.05, 4.69) is 10.3 Å². The van der Waals surface area contributed by atoms with Gasteiger partial charge in [0.15, 0.2) is 9.84 Å². The number of hydrogen-bond acceptors (Lipinski definition) is 5. The number of rotatable bonds is 6. The molecule has 8 heteroatoms. The van der Waals surface area contributed by atoms with Crippen LogP contribution < -0.4 is 0 Å². The van der Waals surface area contributed by atoms with E-state index in [1.807, 2.05) is 10.9 Å². The third kappa shape index (κ3) is 3.65. The molecule has 2 aliphatic rings. The summed E-state index contributed by atoms with van der Waals surface area (Å²) in [5, 5.41) is 8.44. The van der Waals surface area contributed by atoms with Crippen LogP contribution in [0, 0.1) is 0 Å². The maximum absolute atomic E-state index is 12.4. The van der Waals surface area contributed by atoms with E-state index in [0.717, 1.165) is 12.1 Å². The van der Waals surface area contributed by atoms with Crippen LogP contribution in [0.4, 0.5) is 0 Å². The fourth-order valence-electron chi connectivity index (χ4n) is 3.34. The lowest BCUT2D eigenvalue weighted by Gasteiger charge is -2.16. The highest BCUT2D eigenvalue weighted by Gasteiger charge is 2.31. The van der Waals surface area contributed by atoms with Crippen molar-refractivity contribution in [1.29, 1.82) is 0 Å². The molecule has 1 aromatic heterocycles. The number of sulfone groups is 1. The molecule has 2 fully saturated rings. The largest absolute Gasteiger partial charge is 0.340 e. The van der Waals surface area contributed by atoms with Crippen molar-refractivity contribution in [3.05, 3.63) is 42.2 Å². The van der Waals surface area contributed by atoms with Crippen molar-refractivity contribution in [2.45, 2.75) is 42.5 Å². The van der Waals surface area contributed by atoms with E-state index in [-0.39, 0.29) is 29.0 Å². The molecular formula is C18H22N4O3S. The second-order valence-corrected chi connectivity index (χ2v) is 9.17. The van der Waals surface area contributed by atoms with E-state index in [1.165, 1.54) is 12.8 Å². The maximum atomic E-state index is 12.4. The van der Waals surface area contributed by atoms with Crippen molar-refractivity contribution in [1.82, 2.24) is 19.9 Å². The van der Waals surface area contributed by atoms with Gasteiger partial charge in [-0.1, -0.05) is 23.4 Å². The van der Waals surface area contributed by atoms with Crippen LogP contribution in [0.2, 0.25) is 0 Å². The number of carbonyl (C=O) groups is 1. The molecule has 0 N–H and O–H groups in total. The van der Waals surface area contributed by atoms with Crippen LogP contribution in [0.25, 0.3) is 0 Å². The van der Waals surface area contributed by atoms with Crippen LogP contribution in [-0.2, 0) is 14.6 Å². The number of carbonyl (C=O) groups excluding carboxylic acids is 1. The number of amides is 1. The van der Waals surface area contributed by atoms with E-state index in [0.29, 0.717) is 19.0 Å². The minimum absolute atomic E-state index is 0.00856.